The molecule has 0 aromatic heterocycles. The van der Waals surface area contributed by atoms with Crippen LogP contribution in [0.1, 0.15) is 13.8 Å². The van der Waals surface area contributed by atoms with E-state index in [0.717, 1.165) is 12.1 Å². The number of anilines is 1. The maximum atomic E-state index is 13.3. The van der Waals surface area contributed by atoms with E-state index >= 15 is 0 Å². The molecule has 0 aliphatic rings. The van der Waals surface area contributed by atoms with Crippen LogP contribution in [0.2, 0.25) is 0 Å². The molecule has 0 bridgehead atoms. The van der Waals surface area contributed by atoms with E-state index in [9.17, 15) is 13.6 Å². The molecule has 0 atom stereocenters. The predicted molar refractivity (Wildman–Crippen MR) is 66.0 cm³/mol. The van der Waals surface area contributed by atoms with Crippen LogP contribution in [0.4, 0.5) is 19.3 Å². The van der Waals surface area contributed by atoms with Crippen molar-refractivity contribution in [3.8, 4) is 0 Å². The minimum absolute atomic E-state index is 0.186. The summed E-state index contributed by atoms with van der Waals surface area (Å²) >= 11 is 0. The van der Waals surface area contributed by atoms with Crippen LogP contribution in [0.15, 0.2) is 23.4 Å². The molecule has 8 heteroatoms. The van der Waals surface area contributed by atoms with E-state index in [1.807, 2.05) is 0 Å². The molecule has 6 nitrogen and oxygen atoms in total. The van der Waals surface area contributed by atoms with E-state index in [2.05, 4.69) is 15.8 Å². The normalized spacial score (nSPS) is 12.1. The molecule has 0 fully saturated rings. The Morgan fingerprint density at radius 2 is 2.05 bits per heavy atom. The molecule has 0 radical (unpaired) electrons. The summed E-state index contributed by atoms with van der Waals surface area (Å²) in [4.78, 5) is 11.6. The number of benzene rings is 1. The number of nitrogens with zero attached hydrogens (tertiary/aromatic N) is 1. The Kier molecular flexibility index (Phi) is 4.26. The molecule has 0 saturated carbocycles. The Hall–Kier alpha value is -2.38. The van der Waals surface area contributed by atoms with E-state index in [4.69, 9.17) is 10.9 Å². The second kappa shape index (κ2) is 5.51. The van der Waals surface area contributed by atoms with E-state index in [1.165, 1.54) is 13.8 Å². The summed E-state index contributed by atoms with van der Waals surface area (Å²) in [6.45, 7) is 2.98. The number of oxime groups is 1. The highest BCUT2D eigenvalue weighted by atomic mass is 19.1. The van der Waals surface area contributed by atoms with Gasteiger partial charge in [-0.1, -0.05) is 5.16 Å². The fourth-order valence-corrected chi connectivity index (χ4v) is 1.22. The summed E-state index contributed by atoms with van der Waals surface area (Å²) in [6, 6.07) is 1.96. The maximum absolute atomic E-state index is 13.3. The van der Waals surface area contributed by atoms with Crippen LogP contribution in [0, 0.1) is 11.6 Å². The number of carbonyl (C=O) groups is 1. The van der Waals surface area contributed by atoms with Gasteiger partial charge in [0.05, 0.1) is 11.2 Å². The van der Waals surface area contributed by atoms with Crippen molar-refractivity contribution < 1.29 is 18.8 Å². The second-order valence-corrected chi connectivity index (χ2v) is 4.31. The van der Waals surface area contributed by atoms with Crippen molar-refractivity contribution in [2.45, 2.75) is 19.4 Å². The average Bonchev–Trinajstić information content (AvgIpc) is 2.31. The van der Waals surface area contributed by atoms with Gasteiger partial charge in [-0.25, -0.2) is 13.6 Å². The summed E-state index contributed by atoms with van der Waals surface area (Å²) in [5.41, 5.74) is 4.06. The largest absolute Gasteiger partial charge is 0.409 e. The molecule has 5 N–H and O–H groups in total. The van der Waals surface area contributed by atoms with Gasteiger partial charge >= 0.3 is 6.03 Å². The SMILES string of the molecule is CC(C)(NC(=O)Nc1ccc(F)cc1F)/C(N)=N/O. The summed E-state index contributed by atoms with van der Waals surface area (Å²) < 4.78 is 26.0. The number of carbonyl (C=O) groups excluding carboxylic acids is 1. The topological polar surface area (TPSA) is 99.7 Å². The van der Waals surface area contributed by atoms with Crippen molar-refractivity contribution in [1.29, 1.82) is 0 Å². The molecule has 0 spiro atoms. The third kappa shape index (κ3) is 3.80. The van der Waals surface area contributed by atoms with E-state index < -0.39 is 23.2 Å². The molecule has 19 heavy (non-hydrogen) atoms. The predicted octanol–water partition coefficient (Wildman–Crippen LogP) is 1.61. The zero-order valence-electron chi connectivity index (χ0n) is 10.4. The molecule has 0 heterocycles. The van der Waals surface area contributed by atoms with Gasteiger partial charge in [0, 0.05) is 6.07 Å². The first kappa shape index (κ1) is 14.7. The highest BCUT2D eigenvalue weighted by molar-refractivity contribution is 5.96. The van der Waals surface area contributed by atoms with E-state index in [-0.39, 0.29) is 11.5 Å². The van der Waals surface area contributed by atoms with Crippen molar-refractivity contribution in [2.24, 2.45) is 10.9 Å². The minimum Gasteiger partial charge on any atom is -0.409 e. The molecule has 104 valence electrons. The molecular weight excluding hydrogens is 258 g/mol. The van der Waals surface area contributed by atoms with Gasteiger partial charge < -0.3 is 21.6 Å². The molecule has 0 unspecified atom stereocenters. The smallest absolute Gasteiger partial charge is 0.320 e. The molecule has 2 amide bonds. The molecule has 1 aromatic carbocycles. The van der Waals surface area contributed by atoms with Gasteiger partial charge in [0.1, 0.15) is 11.6 Å². The van der Waals surface area contributed by atoms with Gasteiger partial charge in [-0.3, -0.25) is 0 Å². The van der Waals surface area contributed by atoms with Gasteiger partial charge in [-0.05, 0) is 26.0 Å². The first-order valence-electron chi connectivity index (χ1n) is 5.28. The summed E-state index contributed by atoms with van der Waals surface area (Å²) in [7, 11) is 0. The summed E-state index contributed by atoms with van der Waals surface area (Å²) in [5.74, 6) is -1.88. The van der Waals surface area contributed by atoms with Crippen LogP contribution in [-0.2, 0) is 0 Å². The quantitative estimate of drug-likeness (QED) is 0.291. The van der Waals surface area contributed by atoms with Crippen molar-refractivity contribution in [3.05, 3.63) is 29.8 Å². The lowest BCUT2D eigenvalue weighted by molar-refractivity contribution is 0.246. The summed E-state index contributed by atoms with van der Waals surface area (Å²) in [5, 5.41) is 15.9. The number of nitrogens with two attached hydrogens (primary N) is 1. The number of rotatable bonds is 3. The van der Waals surface area contributed by atoms with Crippen molar-refractivity contribution in [3.63, 3.8) is 0 Å². The van der Waals surface area contributed by atoms with Crippen LogP contribution in [-0.4, -0.2) is 22.6 Å². The zero-order chi connectivity index (χ0) is 14.6. The average molecular weight is 272 g/mol. The number of amides is 2. The standard InChI is InChI=1S/C11H14F2N4O2/c1-11(2,9(14)17-19)16-10(18)15-8-4-3-6(12)5-7(8)13/h3-5,19H,1-2H3,(H2,14,17)(H2,15,16,18). The molecule has 1 rings (SSSR count). The van der Waals surface area contributed by atoms with Crippen molar-refractivity contribution in [2.75, 3.05) is 5.32 Å². The fourth-order valence-electron chi connectivity index (χ4n) is 1.22. The van der Waals surface area contributed by atoms with Crippen LogP contribution >= 0.6 is 0 Å². The van der Waals surface area contributed by atoms with Gasteiger partial charge in [0.25, 0.3) is 0 Å². The lowest BCUT2D eigenvalue weighted by Gasteiger charge is -2.24. The van der Waals surface area contributed by atoms with Gasteiger partial charge in [-0.15, -0.1) is 0 Å². The minimum atomic E-state index is -1.13. The second-order valence-electron chi connectivity index (χ2n) is 4.31. The molecule has 0 saturated heterocycles. The Morgan fingerprint density at radius 3 is 2.58 bits per heavy atom. The highest BCUT2D eigenvalue weighted by Gasteiger charge is 2.26. The number of amidine groups is 1. The first-order chi connectivity index (χ1) is 8.76. The number of halogens is 2. The van der Waals surface area contributed by atoms with Crippen LogP contribution in [0.25, 0.3) is 0 Å². The Bertz CT molecular complexity index is 517. The fraction of sp³-hybridized carbons (Fsp3) is 0.273. The van der Waals surface area contributed by atoms with E-state index in [0.29, 0.717) is 6.07 Å². The molecule has 0 aliphatic heterocycles. The number of nitrogens with one attached hydrogen (secondary N) is 2. The lowest BCUT2D eigenvalue weighted by atomic mass is 10.1. The molecule has 0 aliphatic carbocycles. The summed E-state index contributed by atoms with van der Waals surface area (Å²) in [6.07, 6.45) is 0. The number of hydrogen-bond donors (Lipinski definition) is 4. The van der Waals surface area contributed by atoms with E-state index in [1.54, 1.807) is 0 Å². The van der Waals surface area contributed by atoms with Crippen LogP contribution in [0.5, 0.6) is 0 Å². The number of hydrogen-bond acceptors (Lipinski definition) is 3. The monoisotopic (exact) mass is 272 g/mol. The van der Waals surface area contributed by atoms with Crippen LogP contribution < -0.4 is 16.4 Å². The maximum Gasteiger partial charge on any atom is 0.320 e. The van der Waals surface area contributed by atoms with Crippen molar-refractivity contribution in [1.82, 2.24) is 5.32 Å². The Balaban J connectivity index is 2.76. The number of urea groups is 1. The first-order valence-corrected chi connectivity index (χ1v) is 5.28. The molecular formula is C11H14F2N4O2. The Labute approximate surface area is 108 Å². The van der Waals surface area contributed by atoms with Gasteiger partial charge in [-0.2, -0.15) is 0 Å². The molecule has 1 aromatic rings. The van der Waals surface area contributed by atoms with Crippen molar-refractivity contribution >= 4 is 17.6 Å². The van der Waals surface area contributed by atoms with Crippen LogP contribution in [0.3, 0.4) is 0 Å². The zero-order valence-corrected chi connectivity index (χ0v) is 10.4. The third-order valence-electron chi connectivity index (χ3n) is 2.35. The highest BCUT2D eigenvalue weighted by Crippen LogP contribution is 2.15. The Morgan fingerprint density at radius 1 is 1.42 bits per heavy atom. The van der Waals surface area contributed by atoms with Gasteiger partial charge in [0.2, 0.25) is 0 Å². The lowest BCUT2D eigenvalue weighted by Crippen LogP contribution is -2.54. The van der Waals surface area contributed by atoms with Gasteiger partial charge in [0.15, 0.2) is 5.84 Å². The third-order valence-corrected chi connectivity index (χ3v) is 2.35.